The number of hydrogen-bond donors (Lipinski definition) is 0. The third kappa shape index (κ3) is 6.28. The van der Waals surface area contributed by atoms with Crippen LogP contribution in [0, 0.1) is 23.7 Å². The first kappa shape index (κ1) is 19.5. The molecule has 0 heterocycles. The lowest BCUT2D eigenvalue weighted by molar-refractivity contribution is -0.201. The van der Waals surface area contributed by atoms with E-state index in [2.05, 4.69) is 41.5 Å². The van der Waals surface area contributed by atoms with Gasteiger partial charge in [0.25, 0.3) is 0 Å². The van der Waals surface area contributed by atoms with Gasteiger partial charge in [-0.2, -0.15) is 0 Å². The zero-order valence-electron chi connectivity index (χ0n) is 15.4. The Morgan fingerprint density at radius 2 is 1.86 bits per heavy atom. The van der Waals surface area contributed by atoms with Crippen LogP contribution in [0.5, 0.6) is 0 Å². The summed E-state index contributed by atoms with van der Waals surface area (Å²) >= 11 is 0. The number of ether oxygens (including phenoxy) is 2. The number of esters is 1. The molecule has 3 heteroatoms. The Morgan fingerprint density at radius 1 is 1.18 bits per heavy atom. The topological polar surface area (TPSA) is 35.5 Å². The highest BCUT2D eigenvalue weighted by molar-refractivity contribution is 5.72. The van der Waals surface area contributed by atoms with Gasteiger partial charge in [0.15, 0.2) is 0 Å². The molecule has 1 saturated carbocycles. The van der Waals surface area contributed by atoms with E-state index in [-0.39, 0.29) is 24.3 Å². The highest BCUT2D eigenvalue weighted by Crippen LogP contribution is 2.34. The fraction of sp³-hybridized carbons (Fsp3) is 0.947. The van der Waals surface area contributed by atoms with Crippen LogP contribution in [0.15, 0.2) is 0 Å². The van der Waals surface area contributed by atoms with Crippen molar-refractivity contribution < 1.29 is 14.3 Å². The Labute approximate surface area is 137 Å². The van der Waals surface area contributed by atoms with Gasteiger partial charge in [-0.1, -0.05) is 48.0 Å². The molecule has 22 heavy (non-hydrogen) atoms. The lowest BCUT2D eigenvalue weighted by atomic mass is 10.0. The molecule has 1 fully saturated rings. The Morgan fingerprint density at radius 3 is 2.32 bits per heavy atom. The van der Waals surface area contributed by atoms with Crippen LogP contribution in [0.1, 0.15) is 80.1 Å². The van der Waals surface area contributed by atoms with Crippen LogP contribution in [0.4, 0.5) is 0 Å². The molecule has 1 aliphatic carbocycles. The summed E-state index contributed by atoms with van der Waals surface area (Å²) < 4.78 is 12.0. The van der Waals surface area contributed by atoms with Gasteiger partial charge in [0.2, 0.25) is 6.29 Å². The molecule has 1 rings (SSSR count). The minimum Gasteiger partial charge on any atom is -0.436 e. The quantitative estimate of drug-likeness (QED) is 0.435. The van der Waals surface area contributed by atoms with E-state index in [1.165, 1.54) is 6.42 Å². The average Bonchev–Trinajstić information content (AvgIpc) is 2.73. The molecule has 1 aliphatic rings. The lowest BCUT2D eigenvalue weighted by Gasteiger charge is -2.27. The van der Waals surface area contributed by atoms with Crippen molar-refractivity contribution in [1.82, 2.24) is 0 Å². The van der Waals surface area contributed by atoms with Crippen molar-refractivity contribution in [3.63, 3.8) is 0 Å². The van der Waals surface area contributed by atoms with Crippen LogP contribution in [0.3, 0.4) is 0 Å². The molecule has 0 aromatic carbocycles. The number of rotatable bonds is 9. The van der Waals surface area contributed by atoms with Crippen LogP contribution in [0.25, 0.3) is 0 Å². The molecule has 5 unspecified atom stereocenters. The van der Waals surface area contributed by atoms with E-state index in [0.29, 0.717) is 17.8 Å². The van der Waals surface area contributed by atoms with Crippen LogP contribution in [-0.2, 0) is 14.3 Å². The predicted octanol–water partition coefficient (Wildman–Crippen LogP) is 5.18. The van der Waals surface area contributed by atoms with Crippen LogP contribution in [-0.4, -0.2) is 18.4 Å². The van der Waals surface area contributed by atoms with Crippen molar-refractivity contribution in [3.8, 4) is 0 Å². The molecule has 0 radical (unpaired) electrons. The summed E-state index contributed by atoms with van der Waals surface area (Å²) in [7, 11) is 0. The van der Waals surface area contributed by atoms with Gasteiger partial charge in [0, 0.05) is 6.42 Å². The molecule has 0 amide bonds. The molecule has 0 spiro atoms. The number of hydrogen-bond acceptors (Lipinski definition) is 3. The third-order valence-corrected chi connectivity index (χ3v) is 4.74. The summed E-state index contributed by atoms with van der Waals surface area (Å²) in [6.45, 7) is 13.0. The fourth-order valence-corrected chi connectivity index (χ4v) is 3.48. The number of carbonyl (C=O) groups excluding carboxylic acids is 1. The third-order valence-electron chi connectivity index (χ3n) is 4.74. The second kappa shape index (κ2) is 9.54. The largest absolute Gasteiger partial charge is 0.436 e. The minimum atomic E-state index is -0.379. The van der Waals surface area contributed by atoms with Crippen molar-refractivity contribution >= 4 is 5.97 Å². The Balaban J connectivity index is 2.61. The second-order valence-corrected chi connectivity index (χ2v) is 7.62. The van der Waals surface area contributed by atoms with Gasteiger partial charge in [-0.05, 0) is 43.4 Å². The van der Waals surface area contributed by atoms with Crippen LogP contribution < -0.4 is 0 Å². The zero-order valence-corrected chi connectivity index (χ0v) is 15.4. The summed E-state index contributed by atoms with van der Waals surface area (Å²) in [6, 6.07) is 0. The van der Waals surface area contributed by atoms with E-state index in [4.69, 9.17) is 9.47 Å². The summed E-state index contributed by atoms with van der Waals surface area (Å²) in [4.78, 5) is 12.4. The maximum Gasteiger partial charge on any atom is 0.311 e. The first-order valence-electron chi connectivity index (χ1n) is 9.23. The maximum absolute atomic E-state index is 12.4. The average molecular weight is 312 g/mol. The van der Waals surface area contributed by atoms with Crippen LogP contribution in [0.2, 0.25) is 0 Å². The van der Waals surface area contributed by atoms with Crippen molar-refractivity contribution in [2.45, 2.75) is 92.5 Å². The standard InChI is InChI=1S/C19H36O3/c1-7-9-16(8-2)19(20)22-18(10-13(3)4)21-17-12-14(5)11-15(17)6/h13-18H,7-12H2,1-6H3. The SMILES string of the molecule is CCCC(CC)C(=O)OC(CC(C)C)OC1CC(C)CC1C. The Bertz CT molecular complexity index is 327. The van der Waals surface area contributed by atoms with Crippen LogP contribution >= 0.6 is 0 Å². The summed E-state index contributed by atoms with van der Waals surface area (Å²) in [5.41, 5.74) is 0. The predicted molar refractivity (Wildman–Crippen MR) is 90.5 cm³/mol. The molecule has 0 aromatic rings. The number of carbonyl (C=O) groups is 1. The van der Waals surface area contributed by atoms with Gasteiger partial charge in [0.05, 0.1) is 12.0 Å². The molecule has 0 aliphatic heterocycles. The van der Waals surface area contributed by atoms with E-state index in [1.54, 1.807) is 0 Å². The second-order valence-electron chi connectivity index (χ2n) is 7.62. The van der Waals surface area contributed by atoms with E-state index in [1.807, 2.05) is 0 Å². The normalized spacial score (nSPS) is 27.9. The molecule has 0 N–H and O–H groups in total. The lowest BCUT2D eigenvalue weighted by Crippen LogP contribution is -2.32. The zero-order chi connectivity index (χ0) is 16.7. The Hall–Kier alpha value is -0.570. The molecule has 130 valence electrons. The van der Waals surface area contributed by atoms with Crippen molar-refractivity contribution in [2.24, 2.45) is 23.7 Å². The minimum absolute atomic E-state index is 0.0168. The smallest absolute Gasteiger partial charge is 0.311 e. The first-order chi connectivity index (χ1) is 10.4. The van der Waals surface area contributed by atoms with Gasteiger partial charge < -0.3 is 9.47 Å². The van der Waals surface area contributed by atoms with E-state index < -0.39 is 0 Å². The van der Waals surface area contributed by atoms with Gasteiger partial charge >= 0.3 is 5.97 Å². The fourth-order valence-electron chi connectivity index (χ4n) is 3.48. The monoisotopic (exact) mass is 312 g/mol. The molecule has 0 bridgehead atoms. The Kier molecular flexibility index (Phi) is 8.45. The van der Waals surface area contributed by atoms with Gasteiger partial charge in [-0.25, -0.2) is 0 Å². The molecule has 5 atom stereocenters. The molecule has 3 nitrogen and oxygen atoms in total. The van der Waals surface area contributed by atoms with Gasteiger partial charge in [-0.15, -0.1) is 0 Å². The van der Waals surface area contributed by atoms with Crippen molar-refractivity contribution in [3.05, 3.63) is 0 Å². The molecular formula is C19H36O3. The van der Waals surface area contributed by atoms with Crippen molar-refractivity contribution in [1.29, 1.82) is 0 Å². The van der Waals surface area contributed by atoms with Gasteiger partial charge in [0.1, 0.15) is 0 Å². The summed E-state index contributed by atoms with van der Waals surface area (Å²) in [5, 5.41) is 0. The van der Waals surface area contributed by atoms with Gasteiger partial charge in [-0.3, -0.25) is 4.79 Å². The molecule has 0 aromatic heterocycles. The summed E-state index contributed by atoms with van der Waals surface area (Å²) in [5.74, 6) is 1.66. The highest BCUT2D eigenvalue weighted by Gasteiger charge is 2.33. The summed E-state index contributed by atoms with van der Waals surface area (Å²) in [6.07, 6.45) is 5.69. The van der Waals surface area contributed by atoms with E-state index >= 15 is 0 Å². The van der Waals surface area contributed by atoms with E-state index in [9.17, 15) is 4.79 Å². The molecular weight excluding hydrogens is 276 g/mol. The maximum atomic E-state index is 12.4. The first-order valence-corrected chi connectivity index (χ1v) is 9.23. The molecule has 0 saturated heterocycles. The van der Waals surface area contributed by atoms with E-state index in [0.717, 1.165) is 32.1 Å². The highest BCUT2D eigenvalue weighted by atomic mass is 16.7. The van der Waals surface area contributed by atoms with Crippen molar-refractivity contribution in [2.75, 3.05) is 0 Å².